The molecule has 3 atom stereocenters. The Labute approximate surface area is 110 Å². The van der Waals surface area contributed by atoms with Gasteiger partial charge in [0.15, 0.2) is 0 Å². The fourth-order valence-electron chi connectivity index (χ4n) is 2.51. The number of carbonyl (C=O) groups excluding carboxylic acids is 1. The number of H-pyrrole nitrogens is 1. The molecule has 0 aromatic carbocycles. The summed E-state index contributed by atoms with van der Waals surface area (Å²) < 4.78 is 1.70. The fourth-order valence-corrected chi connectivity index (χ4v) is 2.51. The number of nitrogens with one attached hydrogen (secondary N) is 2. The molecule has 0 spiro atoms. The molecule has 0 bridgehead atoms. The molecule has 0 saturated heterocycles. The molecule has 19 heavy (non-hydrogen) atoms. The van der Waals surface area contributed by atoms with Crippen molar-refractivity contribution in [2.45, 2.75) is 31.5 Å². The molecule has 6 heteroatoms. The first-order valence-electron chi connectivity index (χ1n) is 6.29. The largest absolute Gasteiger partial charge is 0.391 e. The van der Waals surface area contributed by atoms with Gasteiger partial charge >= 0.3 is 0 Å². The molecular weight excluding hydrogens is 244 g/mol. The third kappa shape index (κ3) is 2.04. The zero-order valence-electron chi connectivity index (χ0n) is 10.6. The molecule has 0 aliphatic heterocycles. The molecule has 3 N–H and O–H groups in total. The van der Waals surface area contributed by atoms with E-state index in [1.165, 1.54) is 0 Å². The van der Waals surface area contributed by atoms with Crippen molar-refractivity contribution in [2.24, 2.45) is 0 Å². The molecule has 0 unspecified atom stereocenters. The fraction of sp³-hybridized carbons (Fsp3) is 0.385. The minimum absolute atomic E-state index is 0.0925. The Bertz CT molecular complexity index is 575. The van der Waals surface area contributed by atoms with Crippen molar-refractivity contribution in [3.8, 4) is 0 Å². The maximum absolute atomic E-state index is 12.1. The van der Waals surface area contributed by atoms with Gasteiger partial charge in [-0.15, -0.1) is 0 Å². The van der Waals surface area contributed by atoms with Crippen molar-refractivity contribution < 1.29 is 9.90 Å². The molecule has 1 aliphatic rings. The summed E-state index contributed by atoms with van der Waals surface area (Å²) in [6, 6.07) is 3.38. The summed E-state index contributed by atoms with van der Waals surface area (Å²) in [7, 11) is 0. The van der Waals surface area contributed by atoms with E-state index in [1.54, 1.807) is 29.3 Å². The van der Waals surface area contributed by atoms with E-state index in [0.29, 0.717) is 12.1 Å². The molecular formula is C13H16N4O2. The quantitative estimate of drug-likeness (QED) is 0.756. The lowest BCUT2D eigenvalue weighted by atomic mass is 9.83. The van der Waals surface area contributed by atoms with E-state index in [-0.39, 0.29) is 18.0 Å². The second kappa shape index (κ2) is 4.55. The topological polar surface area (TPSA) is 82.9 Å². The van der Waals surface area contributed by atoms with Gasteiger partial charge in [-0.3, -0.25) is 9.48 Å². The van der Waals surface area contributed by atoms with Gasteiger partial charge in [0.05, 0.1) is 18.2 Å². The normalized spacial score (nSPS) is 25.9. The number of aliphatic hydroxyl groups excluding tert-OH is 1. The number of aromatic amines is 1. The molecule has 2 aromatic rings. The van der Waals surface area contributed by atoms with Crippen LogP contribution in [-0.4, -0.2) is 37.9 Å². The summed E-state index contributed by atoms with van der Waals surface area (Å²) in [6.45, 7) is 1.88. The van der Waals surface area contributed by atoms with Crippen LogP contribution in [0, 0.1) is 6.92 Å². The summed E-state index contributed by atoms with van der Waals surface area (Å²) in [5.41, 5.74) is 1.48. The van der Waals surface area contributed by atoms with Crippen LogP contribution in [0.5, 0.6) is 0 Å². The number of amides is 1. The van der Waals surface area contributed by atoms with Crippen LogP contribution in [0.25, 0.3) is 0 Å². The van der Waals surface area contributed by atoms with Crippen molar-refractivity contribution in [3.05, 3.63) is 42.0 Å². The van der Waals surface area contributed by atoms with Crippen LogP contribution in [0.3, 0.4) is 0 Å². The van der Waals surface area contributed by atoms with E-state index < -0.39 is 6.10 Å². The molecule has 2 aromatic heterocycles. The van der Waals surface area contributed by atoms with E-state index in [1.807, 2.05) is 13.0 Å². The standard InChI is InChI=1S/C13H16N4O2/c1-8-3-5-14-11(8)13(19)16-9-7-10(18)12(9)17-6-2-4-15-17/h2-6,9-10,12,14,18H,7H2,1H3,(H,16,19)/t9-,10+,12+/m0/s1. The number of carbonyl (C=O) groups is 1. The maximum atomic E-state index is 12.1. The maximum Gasteiger partial charge on any atom is 0.268 e. The van der Waals surface area contributed by atoms with Crippen molar-refractivity contribution in [3.63, 3.8) is 0 Å². The number of aliphatic hydroxyl groups is 1. The van der Waals surface area contributed by atoms with Gasteiger partial charge in [-0.2, -0.15) is 5.10 Å². The van der Waals surface area contributed by atoms with Crippen LogP contribution in [-0.2, 0) is 0 Å². The summed E-state index contributed by atoms with van der Waals surface area (Å²) >= 11 is 0. The summed E-state index contributed by atoms with van der Waals surface area (Å²) in [5.74, 6) is -0.142. The van der Waals surface area contributed by atoms with E-state index in [4.69, 9.17) is 0 Å². The lowest BCUT2D eigenvalue weighted by molar-refractivity contribution is -0.00595. The van der Waals surface area contributed by atoms with E-state index in [2.05, 4.69) is 15.4 Å². The Morgan fingerprint density at radius 2 is 2.47 bits per heavy atom. The van der Waals surface area contributed by atoms with Crippen molar-refractivity contribution in [2.75, 3.05) is 0 Å². The highest BCUT2D eigenvalue weighted by Crippen LogP contribution is 2.32. The van der Waals surface area contributed by atoms with Gasteiger partial charge in [0.1, 0.15) is 5.69 Å². The molecule has 1 amide bonds. The van der Waals surface area contributed by atoms with Crippen molar-refractivity contribution in [1.29, 1.82) is 0 Å². The van der Waals surface area contributed by atoms with Gasteiger partial charge in [0.2, 0.25) is 0 Å². The summed E-state index contributed by atoms with van der Waals surface area (Å²) in [6.07, 6.45) is 5.29. The highest BCUT2D eigenvalue weighted by atomic mass is 16.3. The lowest BCUT2D eigenvalue weighted by Gasteiger charge is -2.41. The van der Waals surface area contributed by atoms with Crippen molar-refractivity contribution in [1.82, 2.24) is 20.1 Å². The van der Waals surface area contributed by atoms with Crippen LogP contribution >= 0.6 is 0 Å². The number of hydrogen-bond donors (Lipinski definition) is 3. The van der Waals surface area contributed by atoms with Crippen LogP contribution in [0.15, 0.2) is 30.7 Å². The second-order valence-electron chi connectivity index (χ2n) is 4.90. The average molecular weight is 260 g/mol. The predicted octanol–water partition coefficient (Wildman–Crippen LogP) is 0.624. The molecule has 1 fully saturated rings. The third-order valence-corrected chi connectivity index (χ3v) is 3.63. The minimum atomic E-state index is -0.463. The van der Waals surface area contributed by atoms with E-state index in [9.17, 15) is 9.90 Å². The Balaban J connectivity index is 1.71. The second-order valence-corrected chi connectivity index (χ2v) is 4.90. The molecule has 2 heterocycles. The highest BCUT2D eigenvalue weighted by molar-refractivity contribution is 5.94. The summed E-state index contributed by atoms with van der Waals surface area (Å²) in [4.78, 5) is 15.0. The Hall–Kier alpha value is -2.08. The predicted molar refractivity (Wildman–Crippen MR) is 68.7 cm³/mol. The Morgan fingerprint density at radius 3 is 3.05 bits per heavy atom. The van der Waals surface area contributed by atoms with Crippen molar-refractivity contribution >= 4 is 5.91 Å². The molecule has 1 aliphatic carbocycles. The number of nitrogens with zero attached hydrogens (tertiary/aromatic N) is 2. The van der Waals surface area contributed by atoms with Gasteiger partial charge < -0.3 is 15.4 Å². The van der Waals surface area contributed by atoms with Crippen LogP contribution < -0.4 is 5.32 Å². The van der Waals surface area contributed by atoms with Crippen LogP contribution in [0.1, 0.15) is 28.5 Å². The van der Waals surface area contributed by atoms with Crippen LogP contribution in [0.4, 0.5) is 0 Å². The first-order valence-corrected chi connectivity index (χ1v) is 6.29. The Kier molecular flexibility index (Phi) is 2.87. The van der Waals surface area contributed by atoms with E-state index >= 15 is 0 Å². The number of rotatable bonds is 3. The Morgan fingerprint density at radius 1 is 1.63 bits per heavy atom. The lowest BCUT2D eigenvalue weighted by Crippen LogP contribution is -2.56. The van der Waals surface area contributed by atoms with Gasteiger partial charge in [-0.25, -0.2) is 0 Å². The third-order valence-electron chi connectivity index (χ3n) is 3.63. The van der Waals surface area contributed by atoms with Gasteiger partial charge in [0.25, 0.3) is 5.91 Å². The monoisotopic (exact) mass is 260 g/mol. The zero-order chi connectivity index (χ0) is 13.4. The average Bonchev–Trinajstić information content (AvgIpc) is 2.99. The number of aromatic nitrogens is 3. The highest BCUT2D eigenvalue weighted by Gasteiger charge is 2.42. The molecule has 1 saturated carbocycles. The first kappa shape index (κ1) is 12.0. The SMILES string of the molecule is Cc1cc[nH]c1C(=O)N[C@H]1C[C@@H](O)[C@@H]1n1cccn1. The van der Waals surface area contributed by atoms with E-state index in [0.717, 1.165) is 5.56 Å². The number of aryl methyl sites for hydroxylation is 1. The molecule has 3 rings (SSSR count). The summed E-state index contributed by atoms with van der Waals surface area (Å²) in [5, 5.41) is 16.9. The van der Waals surface area contributed by atoms with Crippen LogP contribution in [0.2, 0.25) is 0 Å². The zero-order valence-corrected chi connectivity index (χ0v) is 10.6. The van der Waals surface area contributed by atoms with Gasteiger partial charge in [-0.1, -0.05) is 0 Å². The number of hydrogen-bond acceptors (Lipinski definition) is 3. The molecule has 100 valence electrons. The van der Waals surface area contributed by atoms with Gasteiger partial charge in [-0.05, 0) is 31.0 Å². The smallest absolute Gasteiger partial charge is 0.268 e. The molecule has 0 radical (unpaired) electrons. The molecule has 6 nitrogen and oxygen atoms in total. The minimum Gasteiger partial charge on any atom is -0.391 e. The first-order chi connectivity index (χ1) is 9.16. The van der Waals surface area contributed by atoms with Gasteiger partial charge in [0, 0.05) is 18.6 Å².